The van der Waals surface area contributed by atoms with Gasteiger partial charge in [0.25, 0.3) is 0 Å². The standard InChI is InChI=1S/C33H37N5O3/c1-22(41-3)24-9-11-27-28(20-24)35-33(40)31(27)32(23-7-5-4-6-8-23)34-26-10-12-29-25(19-26)13-14-38(29)30(39)21-37-17-15-36(2)16-18-37/h4-12,19-20,22,31H,13-18,21H2,1-3H3,(H,35,40). The highest BCUT2D eigenvalue weighted by molar-refractivity contribution is 6.24. The number of likely N-dealkylation sites (N-methyl/N-ethyl adjacent to an activating group) is 1. The minimum absolute atomic E-state index is 0.0714. The molecule has 3 aromatic rings. The minimum Gasteiger partial charge on any atom is -0.377 e. The van der Waals surface area contributed by atoms with Gasteiger partial charge in [0.05, 0.1) is 24.0 Å². The largest absolute Gasteiger partial charge is 0.377 e. The average Bonchev–Trinajstić information content (AvgIpc) is 3.56. The second-order valence-corrected chi connectivity index (χ2v) is 11.2. The number of anilines is 2. The number of nitrogens with zero attached hydrogens (tertiary/aromatic N) is 4. The second kappa shape index (κ2) is 11.6. The van der Waals surface area contributed by atoms with Gasteiger partial charge in [0, 0.05) is 51.2 Å². The lowest BCUT2D eigenvalue weighted by atomic mass is 9.90. The molecule has 0 aromatic heterocycles. The second-order valence-electron chi connectivity index (χ2n) is 11.2. The molecular weight excluding hydrogens is 514 g/mol. The Hall–Kier alpha value is -3.85. The number of rotatable bonds is 7. The van der Waals surface area contributed by atoms with Crippen molar-refractivity contribution in [3.05, 3.63) is 89.0 Å². The topological polar surface area (TPSA) is 77.5 Å². The molecule has 2 unspecified atom stereocenters. The highest BCUT2D eigenvalue weighted by Crippen LogP contribution is 2.39. The molecule has 212 valence electrons. The molecule has 1 fully saturated rings. The fourth-order valence-corrected chi connectivity index (χ4v) is 5.98. The third-order valence-corrected chi connectivity index (χ3v) is 8.54. The minimum atomic E-state index is -0.533. The summed E-state index contributed by atoms with van der Waals surface area (Å²) in [5.74, 6) is -0.475. The van der Waals surface area contributed by atoms with Gasteiger partial charge in [0.15, 0.2) is 0 Å². The number of nitrogens with one attached hydrogen (secondary N) is 1. The Bertz CT molecular complexity index is 1480. The predicted octanol–water partition coefficient (Wildman–Crippen LogP) is 4.39. The lowest BCUT2D eigenvalue weighted by Crippen LogP contribution is -2.48. The van der Waals surface area contributed by atoms with Crippen LogP contribution in [0.5, 0.6) is 0 Å². The summed E-state index contributed by atoms with van der Waals surface area (Å²) in [5.41, 5.74) is 7.18. The van der Waals surface area contributed by atoms with Crippen molar-refractivity contribution in [1.82, 2.24) is 9.80 Å². The van der Waals surface area contributed by atoms with E-state index in [1.54, 1.807) is 7.11 Å². The molecule has 2 atom stereocenters. The van der Waals surface area contributed by atoms with Gasteiger partial charge in [-0.05, 0) is 66.9 Å². The van der Waals surface area contributed by atoms with Gasteiger partial charge in [-0.15, -0.1) is 0 Å². The Morgan fingerprint density at radius 3 is 2.56 bits per heavy atom. The van der Waals surface area contributed by atoms with Crippen LogP contribution in [0, 0.1) is 0 Å². The van der Waals surface area contributed by atoms with Gasteiger partial charge in [0.2, 0.25) is 11.8 Å². The van der Waals surface area contributed by atoms with E-state index >= 15 is 0 Å². The maximum Gasteiger partial charge on any atom is 0.241 e. The van der Waals surface area contributed by atoms with E-state index in [4.69, 9.17) is 9.73 Å². The Balaban J connectivity index is 1.29. The molecule has 8 nitrogen and oxygen atoms in total. The Morgan fingerprint density at radius 1 is 1.02 bits per heavy atom. The number of methoxy groups -OCH3 is 1. The fraction of sp³-hybridized carbons (Fsp3) is 0.364. The van der Waals surface area contributed by atoms with Gasteiger partial charge in [-0.2, -0.15) is 0 Å². The molecule has 1 saturated heterocycles. The first-order chi connectivity index (χ1) is 19.9. The van der Waals surface area contributed by atoms with Crippen molar-refractivity contribution >= 4 is 34.6 Å². The van der Waals surface area contributed by atoms with E-state index in [0.717, 1.165) is 71.9 Å². The maximum absolute atomic E-state index is 13.4. The number of aliphatic imine (C=N–C) groups is 1. The van der Waals surface area contributed by atoms with E-state index in [1.165, 1.54) is 0 Å². The lowest BCUT2D eigenvalue weighted by Gasteiger charge is -2.32. The van der Waals surface area contributed by atoms with E-state index in [-0.39, 0.29) is 17.9 Å². The van der Waals surface area contributed by atoms with Gasteiger partial charge in [-0.3, -0.25) is 19.5 Å². The third kappa shape index (κ3) is 5.55. The van der Waals surface area contributed by atoms with E-state index < -0.39 is 5.92 Å². The van der Waals surface area contributed by atoms with Gasteiger partial charge in [-0.1, -0.05) is 42.5 Å². The van der Waals surface area contributed by atoms with Crippen molar-refractivity contribution in [2.45, 2.75) is 25.4 Å². The van der Waals surface area contributed by atoms with Crippen LogP contribution in [0.25, 0.3) is 0 Å². The number of hydrogen-bond acceptors (Lipinski definition) is 6. The molecule has 2 amide bonds. The van der Waals surface area contributed by atoms with E-state index in [1.807, 2.05) is 72.5 Å². The van der Waals surface area contributed by atoms with Crippen LogP contribution < -0.4 is 10.2 Å². The molecule has 0 bridgehead atoms. The molecule has 3 aliphatic rings. The summed E-state index contributed by atoms with van der Waals surface area (Å²) >= 11 is 0. The molecular formula is C33H37N5O3. The normalized spacial score (nSPS) is 20.1. The molecule has 3 heterocycles. The molecule has 0 spiro atoms. The van der Waals surface area contributed by atoms with Crippen molar-refractivity contribution < 1.29 is 14.3 Å². The Labute approximate surface area is 241 Å². The monoisotopic (exact) mass is 551 g/mol. The molecule has 0 aliphatic carbocycles. The van der Waals surface area contributed by atoms with Crippen LogP contribution in [0.15, 0.2) is 71.7 Å². The van der Waals surface area contributed by atoms with Crippen molar-refractivity contribution in [1.29, 1.82) is 0 Å². The van der Waals surface area contributed by atoms with Crippen LogP contribution >= 0.6 is 0 Å². The van der Waals surface area contributed by atoms with Crippen molar-refractivity contribution in [2.75, 3.05) is 63.6 Å². The van der Waals surface area contributed by atoms with Gasteiger partial charge < -0.3 is 19.9 Å². The summed E-state index contributed by atoms with van der Waals surface area (Å²) in [6.07, 6.45) is 0.721. The molecule has 0 saturated carbocycles. The van der Waals surface area contributed by atoms with E-state index in [2.05, 4.69) is 28.2 Å². The summed E-state index contributed by atoms with van der Waals surface area (Å²) in [5, 5.41) is 3.07. The number of hydrogen-bond donors (Lipinski definition) is 1. The summed E-state index contributed by atoms with van der Waals surface area (Å²) in [6, 6.07) is 21.9. The molecule has 41 heavy (non-hydrogen) atoms. The smallest absolute Gasteiger partial charge is 0.241 e. The summed E-state index contributed by atoms with van der Waals surface area (Å²) in [6.45, 7) is 6.94. The number of carbonyl (C=O) groups is 2. The summed E-state index contributed by atoms with van der Waals surface area (Å²) < 4.78 is 5.48. The lowest BCUT2D eigenvalue weighted by molar-refractivity contribution is -0.120. The first kappa shape index (κ1) is 27.3. The van der Waals surface area contributed by atoms with Crippen molar-refractivity contribution in [3.8, 4) is 0 Å². The van der Waals surface area contributed by atoms with Gasteiger partial charge in [0.1, 0.15) is 5.92 Å². The predicted molar refractivity (Wildman–Crippen MR) is 162 cm³/mol. The quantitative estimate of drug-likeness (QED) is 0.441. The van der Waals surface area contributed by atoms with Crippen LogP contribution in [0.3, 0.4) is 0 Å². The number of carbonyl (C=O) groups excluding carboxylic acids is 2. The van der Waals surface area contributed by atoms with Gasteiger partial charge >= 0.3 is 0 Å². The average molecular weight is 552 g/mol. The van der Waals surface area contributed by atoms with Crippen LogP contribution in [0.1, 0.15) is 41.2 Å². The molecule has 8 heteroatoms. The zero-order valence-electron chi connectivity index (χ0n) is 24.0. The first-order valence-electron chi connectivity index (χ1n) is 14.4. The molecule has 1 N–H and O–H groups in total. The van der Waals surface area contributed by atoms with Crippen LogP contribution in [0.2, 0.25) is 0 Å². The highest BCUT2D eigenvalue weighted by atomic mass is 16.5. The van der Waals surface area contributed by atoms with Crippen LogP contribution in [-0.2, 0) is 20.7 Å². The molecule has 0 radical (unpaired) electrons. The SMILES string of the molecule is COC(C)c1ccc2c(c1)NC(=O)C2C(=Nc1ccc2c(c1)CCN2C(=O)CN1CCN(C)CC1)c1ccccc1. The summed E-state index contributed by atoms with van der Waals surface area (Å²) in [4.78, 5) is 38.2. The zero-order valence-corrected chi connectivity index (χ0v) is 24.0. The van der Waals surface area contributed by atoms with Crippen LogP contribution in [-0.4, -0.2) is 80.8 Å². The first-order valence-corrected chi connectivity index (χ1v) is 14.4. The Kier molecular flexibility index (Phi) is 7.71. The number of ether oxygens (including phenoxy) is 1. The fourth-order valence-electron chi connectivity index (χ4n) is 5.98. The molecule has 6 rings (SSSR count). The van der Waals surface area contributed by atoms with E-state index in [0.29, 0.717) is 18.8 Å². The number of piperazine rings is 1. The third-order valence-electron chi connectivity index (χ3n) is 8.54. The Morgan fingerprint density at radius 2 is 1.80 bits per heavy atom. The number of fused-ring (bicyclic) bond motifs is 2. The van der Waals surface area contributed by atoms with Crippen LogP contribution in [0.4, 0.5) is 17.1 Å². The van der Waals surface area contributed by atoms with Gasteiger partial charge in [-0.25, -0.2) is 0 Å². The van der Waals surface area contributed by atoms with Crippen molar-refractivity contribution in [3.63, 3.8) is 0 Å². The maximum atomic E-state index is 13.4. The highest BCUT2D eigenvalue weighted by Gasteiger charge is 2.36. The van der Waals surface area contributed by atoms with E-state index in [9.17, 15) is 9.59 Å². The number of amides is 2. The molecule has 3 aliphatic heterocycles. The zero-order chi connectivity index (χ0) is 28.5. The summed E-state index contributed by atoms with van der Waals surface area (Å²) in [7, 11) is 3.80. The number of benzene rings is 3. The van der Waals surface area contributed by atoms with Crippen molar-refractivity contribution in [2.24, 2.45) is 4.99 Å². The molecule has 3 aromatic carbocycles.